The molecule has 2 N–H and O–H groups in total. The molecular formula is C20H21FN4O2. The van der Waals surface area contributed by atoms with Gasteiger partial charge < -0.3 is 15.2 Å². The van der Waals surface area contributed by atoms with Gasteiger partial charge in [0.25, 0.3) is 0 Å². The van der Waals surface area contributed by atoms with Crippen molar-refractivity contribution in [1.82, 2.24) is 15.2 Å². The van der Waals surface area contributed by atoms with Gasteiger partial charge in [-0.05, 0) is 44.9 Å². The van der Waals surface area contributed by atoms with Crippen molar-refractivity contribution in [2.45, 2.75) is 38.8 Å². The van der Waals surface area contributed by atoms with E-state index >= 15 is 0 Å². The Morgan fingerprint density at radius 2 is 2.04 bits per heavy atom. The third kappa shape index (κ3) is 3.19. The molecule has 27 heavy (non-hydrogen) atoms. The number of nitrogens with zero attached hydrogens (tertiary/aromatic N) is 3. The largest absolute Gasteiger partial charge is 0.504 e. The summed E-state index contributed by atoms with van der Waals surface area (Å²) in [4.78, 5) is 4.19. The number of aryl methyl sites for hydroxylation is 1. The zero-order valence-corrected chi connectivity index (χ0v) is 15.5. The van der Waals surface area contributed by atoms with Gasteiger partial charge in [0.2, 0.25) is 0 Å². The normalized spacial score (nSPS) is 18.7. The van der Waals surface area contributed by atoms with E-state index in [1.807, 2.05) is 0 Å². The molecule has 2 aromatic heterocycles. The second kappa shape index (κ2) is 6.42. The van der Waals surface area contributed by atoms with Crippen LogP contribution < -0.4 is 5.32 Å². The summed E-state index contributed by atoms with van der Waals surface area (Å²) in [5, 5.41) is 23.7. The Hall–Kier alpha value is -2.80. The third-order valence-corrected chi connectivity index (χ3v) is 4.90. The van der Waals surface area contributed by atoms with Gasteiger partial charge in [-0.3, -0.25) is 4.98 Å². The molecule has 1 aromatic carbocycles. The first kappa shape index (κ1) is 17.6. The summed E-state index contributed by atoms with van der Waals surface area (Å²) in [6, 6.07) is 5.17. The topological polar surface area (TPSA) is 80.2 Å². The van der Waals surface area contributed by atoms with Crippen LogP contribution in [-0.4, -0.2) is 38.5 Å². The number of nitrogens with one attached hydrogen (secondary N) is 1. The summed E-state index contributed by atoms with van der Waals surface area (Å²) in [5.41, 5.74) is 0.915. The first-order valence-corrected chi connectivity index (χ1v) is 8.85. The van der Waals surface area contributed by atoms with Crippen LogP contribution in [0.1, 0.15) is 25.8 Å². The fraction of sp³-hybridized carbons (Fsp3) is 0.350. The molecule has 7 heteroatoms. The van der Waals surface area contributed by atoms with Gasteiger partial charge in [-0.15, -0.1) is 10.2 Å². The Balaban J connectivity index is 1.79. The molecule has 1 saturated heterocycles. The van der Waals surface area contributed by atoms with E-state index < -0.39 is 11.6 Å². The number of hydrogen-bond acceptors (Lipinski definition) is 6. The Bertz CT molecular complexity index is 1020. The van der Waals surface area contributed by atoms with Crippen molar-refractivity contribution < 1.29 is 14.2 Å². The highest BCUT2D eigenvalue weighted by molar-refractivity contribution is 6.00. The monoisotopic (exact) mass is 368 g/mol. The summed E-state index contributed by atoms with van der Waals surface area (Å²) >= 11 is 0. The van der Waals surface area contributed by atoms with Crippen LogP contribution in [0, 0.1) is 12.7 Å². The van der Waals surface area contributed by atoms with Crippen molar-refractivity contribution in [3.05, 3.63) is 42.0 Å². The SMILES string of the molecule is Cc1ccc(-c2nnc(N[C@H]3COC(C)(C)C3)c3cnccc23)c(O)c1F. The van der Waals surface area contributed by atoms with E-state index in [1.165, 1.54) is 0 Å². The molecule has 3 heterocycles. The van der Waals surface area contributed by atoms with Crippen molar-refractivity contribution >= 4 is 16.6 Å². The Kier molecular flexibility index (Phi) is 4.19. The maximum absolute atomic E-state index is 14.2. The third-order valence-electron chi connectivity index (χ3n) is 4.90. The molecule has 6 nitrogen and oxygen atoms in total. The number of phenols is 1. The number of aromatic nitrogens is 3. The highest BCUT2D eigenvalue weighted by atomic mass is 19.1. The smallest absolute Gasteiger partial charge is 0.168 e. The summed E-state index contributed by atoms with van der Waals surface area (Å²) < 4.78 is 19.9. The number of benzene rings is 1. The Labute approximate surface area is 156 Å². The average molecular weight is 368 g/mol. The number of phenolic OH excluding ortho intramolecular Hbond substituents is 1. The van der Waals surface area contributed by atoms with Crippen molar-refractivity contribution in [3.8, 4) is 17.0 Å². The minimum Gasteiger partial charge on any atom is -0.504 e. The standard InChI is InChI=1S/C20H21FN4O2/c1-11-4-5-14(18(26)16(11)21)17-13-6-7-22-9-15(13)19(25-24-17)23-12-8-20(2,3)27-10-12/h4-7,9,12,26H,8,10H2,1-3H3,(H,23,25)/t12-/m1/s1. The van der Waals surface area contributed by atoms with Crippen LogP contribution in [0.5, 0.6) is 5.75 Å². The number of rotatable bonds is 3. The second-order valence-corrected chi connectivity index (χ2v) is 7.53. The Morgan fingerprint density at radius 3 is 2.78 bits per heavy atom. The van der Waals surface area contributed by atoms with E-state index in [0.29, 0.717) is 29.2 Å². The van der Waals surface area contributed by atoms with Gasteiger partial charge in [0.05, 0.1) is 18.2 Å². The molecule has 0 radical (unpaired) electrons. The highest BCUT2D eigenvalue weighted by Gasteiger charge is 2.32. The summed E-state index contributed by atoms with van der Waals surface area (Å²) in [6.07, 6.45) is 4.18. The molecule has 140 valence electrons. The van der Waals surface area contributed by atoms with Crippen LogP contribution in [0.25, 0.3) is 22.0 Å². The summed E-state index contributed by atoms with van der Waals surface area (Å²) in [5.74, 6) is -0.474. The number of hydrogen-bond donors (Lipinski definition) is 2. The first-order valence-electron chi connectivity index (χ1n) is 8.85. The van der Waals surface area contributed by atoms with Gasteiger partial charge in [-0.2, -0.15) is 0 Å². The molecule has 3 aromatic rings. The molecule has 1 atom stereocenters. The van der Waals surface area contributed by atoms with E-state index in [0.717, 1.165) is 17.2 Å². The van der Waals surface area contributed by atoms with Gasteiger partial charge in [-0.1, -0.05) is 6.07 Å². The molecule has 0 amide bonds. The fourth-order valence-electron chi connectivity index (χ4n) is 3.48. The molecule has 0 unspecified atom stereocenters. The molecule has 1 aliphatic heterocycles. The molecule has 0 bridgehead atoms. The second-order valence-electron chi connectivity index (χ2n) is 7.53. The predicted molar refractivity (Wildman–Crippen MR) is 101 cm³/mol. The number of pyridine rings is 1. The van der Waals surface area contributed by atoms with Gasteiger partial charge in [0.15, 0.2) is 17.4 Å². The highest BCUT2D eigenvalue weighted by Crippen LogP contribution is 2.37. The van der Waals surface area contributed by atoms with Crippen LogP contribution in [0.4, 0.5) is 10.2 Å². The summed E-state index contributed by atoms with van der Waals surface area (Å²) in [7, 11) is 0. The van der Waals surface area contributed by atoms with Crippen molar-refractivity contribution in [3.63, 3.8) is 0 Å². The van der Waals surface area contributed by atoms with Crippen molar-refractivity contribution in [2.24, 2.45) is 0 Å². The maximum atomic E-state index is 14.2. The lowest BCUT2D eigenvalue weighted by atomic mass is 10.0. The first-order chi connectivity index (χ1) is 12.9. The zero-order valence-electron chi connectivity index (χ0n) is 15.5. The van der Waals surface area contributed by atoms with Crippen LogP contribution in [0.3, 0.4) is 0 Å². The Morgan fingerprint density at radius 1 is 1.22 bits per heavy atom. The average Bonchev–Trinajstić information content (AvgIpc) is 2.99. The quantitative estimate of drug-likeness (QED) is 0.731. The number of fused-ring (bicyclic) bond motifs is 1. The fourth-order valence-corrected chi connectivity index (χ4v) is 3.48. The number of anilines is 1. The minimum absolute atomic E-state index is 0.119. The van der Waals surface area contributed by atoms with E-state index in [-0.39, 0.29) is 11.6 Å². The number of ether oxygens (including phenoxy) is 1. The molecule has 0 spiro atoms. The van der Waals surface area contributed by atoms with Crippen molar-refractivity contribution in [2.75, 3.05) is 11.9 Å². The summed E-state index contributed by atoms with van der Waals surface area (Å²) in [6.45, 7) is 6.29. The lowest BCUT2D eigenvalue weighted by molar-refractivity contribution is 0.0363. The number of aromatic hydroxyl groups is 1. The van der Waals surface area contributed by atoms with E-state index in [4.69, 9.17) is 4.74 Å². The molecule has 1 aliphatic rings. The van der Waals surface area contributed by atoms with Crippen LogP contribution in [-0.2, 0) is 4.74 Å². The van der Waals surface area contributed by atoms with E-state index in [1.54, 1.807) is 37.5 Å². The van der Waals surface area contributed by atoms with Crippen LogP contribution >= 0.6 is 0 Å². The van der Waals surface area contributed by atoms with Gasteiger partial charge in [0.1, 0.15) is 5.69 Å². The predicted octanol–water partition coefficient (Wildman–Crippen LogP) is 3.82. The van der Waals surface area contributed by atoms with E-state index in [2.05, 4.69) is 34.3 Å². The number of halogens is 1. The van der Waals surface area contributed by atoms with Crippen molar-refractivity contribution in [1.29, 1.82) is 0 Å². The van der Waals surface area contributed by atoms with Gasteiger partial charge in [-0.25, -0.2) is 4.39 Å². The van der Waals surface area contributed by atoms with E-state index in [9.17, 15) is 9.50 Å². The maximum Gasteiger partial charge on any atom is 0.168 e. The molecule has 0 saturated carbocycles. The molecule has 0 aliphatic carbocycles. The molecule has 1 fully saturated rings. The lowest BCUT2D eigenvalue weighted by Crippen LogP contribution is -2.23. The van der Waals surface area contributed by atoms with Gasteiger partial charge >= 0.3 is 0 Å². The van der Waals surface area contributed by atoms with Crippen LogP contribution in [0.2, 0.25) is 0 Å². The van der Waals surface area contributed by atoms with Crippen LogP contribution in [0.15, 0.2) is 30.6 Å². The zero-order chi connectivity index (χ0) is 19.2. The lowest BCUT2D eigenvalue weighted by Gasteiger charge is -2.17. The molecule has 4 rings (SSSR count). The minimum atomic E-state index is -0.649. The van der Waals surface area contributed by atoms with Gasteiger partial charge in [0, 0.05) is 28.7 Å². The molecular weight excluding hydrogens is 347 g/mol.